The van der Waals surface area contributed by atoms with Gasteiger partial charge in [-0.25, -0.2) is 0 Å². The van der Waals surface area contributed by atoms with Crippen molar-refractivity contribution in [2.75, 3.05) is 0 Å². The van der Waals surface area contributed by atoms with E-state index in [1.807, 2.05) is 0 Å². The molecule has 4 nitrogen and oxygen atoms in total. The summed E-state index contributed by atoms with van der Waals surface area (Å²) in [4.78, 5) is 9.94. The van der Waals surface area contributed by atoms with Gasteiger partial charge in [-0.1, -0.05) is 0 Å². The maximum Gasteiger partial charge on any atom is 0.139 e. The number of hydrogen-bond acceptors (Lipinski definition) is 3. The molecule has 0 aliphatic heterocycles. The van der Waals surface area contributed by atoms with Gasteiger partial charge in [-0.3, -0.25) is 0 Å². The standard InChI is InChI=1S/C5H7N3O/c1-8-4-6-7-5(8)2-3-9/h3-4H,2H2,1H3. The molecular formula is C5H7N3O. The minimum absolute atomic E-state index is 0.344. The van der Waals surface area contributed by atoms with Crippen molar-refractivity contribution in [1.82, 2.24) is 14.8 Å². The summed E-state index contributed by atoms with van der Waals surface area (Å²) in [5.41, 5.74) is 0. The number of carbonyl (C=O) groups excluding carboxylic acids is 1. The van der Waals surface area contributed by atoms with Crippen LogP contribution in [0.1, 0.15) is 5.82 Å². The highest BCUT2D eigenvalue weighted by Gasteiger charge is 1.95. The fourth-order valence-corrected chi connectivity index (χ4v) is 0.566. The minimum atomic E-state index is 0.344. The molecule has 0 aliphatic carbocycles. The van der Waals surface area contributed by atoms with Crippen LogP contribution in [0.5, 0.6) is 0 Å². The van der Waals surface area contributed by atoms with Crippen LogP contribution in [-0.4, -0.2) is 21.1 Å². The molecule has 1 aromatic rings. The van der Waals surface area contributed by atoms with Crippen LogP contribution < -0.4 is 0 Å². The quantitative estimate of drug-likeness (QED) is 0.503. The molecule has 0 amide bonds. The Morgan fingerprint density at radius 3 is 3.11 bits per heavy atom. The Kier molecular flexibility index (Phi) is 1.58. The van der Waals surface area contributed by atoms with Crippen molar-refractivity contribution in [3.05, 3.63) is 12.2 Å². The van der Waals surface area contributed by atoms with Crippen LogP contribution in [0.25, 0.3) is 0 Å². The zero-order chi connectivity index (χ0) is 6.69. The Labute approximate surface area is 52.5 Å². The van der Waals surface area contributed by atoms with Gasteiger partial charge in [0.1, 0.15) is 18.4 Å². The summed E-state index contributed by atoms with van der Waals surface area (Å²) in [5, 5.41) is 7.28. The second kappa shape index (κ2) is 2.39. The molecule has 1 rings (SSSR count). The van der Waals surface area contributed by atoms with E-state index in [-0.39, 0.29) is 0 Å². The number of nitrogens with zero attached hydrogens (tertiary/aromatic N) is 3. The van der Waals surface area contributed by atoms with E-state index in [9.17, 15) is 4.79 Å². The molecule has 0 atom stereocenters. The Morgan fingerprint density at radius 1 is 1.89 bits per heavy atom. The highest BCUT2D eigenvalue weighted by molar-refractivity contribution is 5.52. The van der Waals surface area contributed by atoms with Gasteiger partial charge in [0.25, 0.3) is 0 Å². The van der Waals surface area contributed by atoms with E-state index in [0.717, 1.165) is 6.29 Å². The Balaban J connectivity index is 2.80. The van der Waals surface area contributed by atoms with Crippen molar-refractivity contribution >= 4 is 6.29 Å². The van der Waals surface area contributed by atoms with Crippen LogP contribution in [0.15, 0.2) is 6.33 Å². The lowest BCUT2D eigenvalue weighted by molar-refractivity contribution is -0.107. The van der Waals surface area contributed by atoms with Crippen LogP contribution in [0.2, 0.25) is 0 Å². The number of aldehydes is 1. The molecule has 0 aliphatic rings. The normalized spacial score (nSPS) is 9.44. The van der Waals surface area contributed by atoms with Crippen molar-refractivity contribution in [1.29, 1.82) is 0 Å². The zero-order valence-electron chi connectivity index (χ0n) is 5.11. The van der Waals surface area contributed by atoms with Gasteiger partial charge in [0.2, 0.25) is 0 Å². The first-order chi connectivity index (χ1) is 4.34. The Bertz CT molecular complexity index is 206. The molecule has 0 N–H and O–H groups in total. The van der Waals surface area contributed by atoms with Crippen LogP contribution in [0, 0.1) is 0 Å². The number of hydrogen-bond donors (Lipinski definition) is 0. The first-order valence-electron chi connectivity index (χ1n) is 2.61. The van der Waals surface area contributed by atoms with Crippen molar-refractivity contribution in [3.8, 4) is 0 Å². The highest BCUT2D eigenvalue weighted by Crippen LogP contribution is 1.88. The maximum absolute atomic E-state index is 9.94. The third-order valence-corrected chi connectivity index (χ3v) is 1.07. The van der Waals surface area contributed by atoms with E-state index in [4.69, 9.17) is 0 Å². The molecule has 0 spiro atoms. The second-order valence-electron chi connectivity index (χ2n) is 1.73. The molecule has 0 unspecified atom stereocenters. The average molecular weight is 125 g/mol. The summed E-state index contributed by atoms with van der Waals surface area (Å²) in [6.07, 6.45) is 2.72. The molecule has 0 bridgehead atoms. The lowest BCUT2D eigenvalue weighted by Gasteiger charge is -1.89. The van der Waals surface area contributed by atoms with E-state index in [2.05, 4.69) is 10.2 Å². The summed E-state index contributed by atoms with van der Waals surface area (Å²) < 4.78 is 1.72. The van der Waals surface area contributed by atoms with Crippen LogP contribution in [-0.2, 0) is 18.3 Å². The minimum Gasteiger partial charge on any atom is -0.320 e. The van der Waals surface area contributed by atoms with E-state index < -0.39 is 0 Å². The molecule has 0 saturated carbocycles. The van der Waals surface area contributed by atoms with Gasteiger partial charge in [0, 0.05) is 7.05 Å². The SMILES string of the molecule is Cn1cnnc1CC=O. The van der Waals surface area contributed by atoms with Gasteiger partial charge in [0.05, 0.1) is 6.42 Å². The lowest BCUT2D eigenvalue weighted by Crippen LogP contribution is -1.96. The average Bonchev–Trinajstić information content (AvgIpc) is 2.18. The monoisotopic (exact) mass is 125 g/mol. The van der Waals surface area contributed by atoms with Crippen LogP contribution >= 0.6 is 0 Å². The van der Waals surface area contributed by atoms with Crippen molar-refractivity contribution in [3.63, 3.8) is 0 Å². The predicted molar refractivity (Wildman–Crippen MR) is 30.8 cm³/mol. The van der Waals surface area contributed by atoms with Gasteiger partial charge >= 0.3 is 0 Å². The molecular weight excluding hydrogens is 118 g/mol. The number of rotatable bonds is 2. The molecule has 1 heterocycles. The van der Waals surface area contributed by atoms with Gasteiger partial charge in [-0.05, 0) is 0 Å². The van der Waals surface area contributed by atoms with Crippen molar-refractivity contribution in [2.45, 2.75) is 6.42 Å². The Morgan fingerprint density at radius 2 is 2.67 bits per heavy atom. The molecule has 0 saturated heterocycles. The fourth-order valence-electron chi connectivity index (χ4n) is 0.566. The highest BCUT2D eigenvalue weighted by atomic mass is 16.1. The summed E-state index contributed by atoms with van der Waals surface area (Å²) in [7, 11) is 1.80. The predicted octanol–water partition coefficient (Wildman–Crippen LogP) is -0.444. The van der Waals surface area contributed by atoms with E-state index >= 15 is 0 Å². The van der Waals surface area contributed by atoms with Gasteiger partial charge in [-0.2, -0.15) is 0 Å². The van der Waals surface area contributed by atoms with Crippen LogP contribution in [0.4, 0.5) is 0 Å². The maximum atomic E-state index is 9.94. The van der Waals surface area contributed by atoms with Crippen LogP contribution in [0.3, 0.4) is 0 Å². The van der Waals surface area contributed by atoms with E-state index in [0.29, 0.717) is 12.2 Å². The molecule has 48 valence electrons. The fraction of sp³-hybridized carbons (Fsp3) is 0.400. The summed E-state index contributed by atoms with van der Waals surface area (Å²) in [6.45, 7) is 0. The molecule has 4 heteroatoms. The third kappa shape index (κ3) is 1.13. The first-order valence-corrected chi connectivity index (χ1v) is 2.61. The second-order valence-corrected chi connectivity index (χ2v) is 1.73. The first kappa shape index (κ1) is 5.94. The smallest absolute Gasteiger partial charge is 0.139 e. The Hall–Kier alpha value is -1.19. The third-order valence-electron chi connectivity index (χ3n) is 1.07. The summed E-state index contributed by atoms with van der Waals surface area (Å²) in [6, 6.07) is 0. The molecule has 0 radical (unpaired) electrons. The number of carbonyl (C=O) groups is 1. The van der Waals surface area contributed by atoms with Gasteiger partial charge in [-0.15, -0.1) is 10.2 Å². The molecule has 9 heavy (non-hydrogen) atoms. The summed E-state index contributed by atoms with van der Waals surface area (Å²) in [5.74, 6) is 0.699. The van der Waals surface area contributed by atoms with E-state index in [1.165, 1.54) is 0 Å². The number of aryl methyl sites for hydroxylation is 1. The number of aromatic nitrogens is 3. The van der Waals surface area contributed by atoms with Gasteiger partial charge < -0.3 is 9.36 Å². The zero-order valence-corrected chi connectivity index (χ0v) is 5.11. The summed E-state index contributed by atoms with van der Waals surface area (Å²) >= 11 is 0. The molecule has 0 fully saturated rings. The van der Waals surface area contributed by atoms with E-state index in [1.54, 1.807) is 17.9 Å². The topological polar surface area (TPSA) is 47.8 Å². The molecule has 0 aromatic carbocycles. The van der Waals surface area contributed by atoms with Crippen molar-refractivity contribution < 1.29 is 4.79 Å². The van der Waals surface area contributed by atoms with Gasteiger partial charge in [0.15, 0.2) is 0 Å². The lowest BCUT2D eigenvalue weighted by atomic mass is 10.4. The van der Waals surface area contributed by atoms with Crippen molar-refractivity contribution in [2.24, 2.45) is 7.05 Å². The molecule has 1 aromatic heterocycles. The largest absolute Gasteiger partial charge is 0.320 e.